The zero-order valence-corrected chi connectivity index (χ0v) is 17.9. The predicted octanol–water partition coefficient (Wildman–Crippen LogP) is 5.67. The minimum Gasteiger partial charge on any atom is -0.406 e. The molecular weight excluding hydrogens is 469 g/mol. The number of ether oxygens (including phenoxy) is 1. The van der Waals surface area contributed by atoms with Gasteiger partial charge < -0.3 is 9.72 Å². The van der Waals surface area contributed by atoms with Gasteiger partial charge in [-0.15, -0.1) is 13.2 Å². The summed E-state index contributed by atoms with van der Waals surface area (Å²) in [7, 11) is 0. The lowest BCUT2D eigenvalue weighted by molar-refractivity contribution is -0.274. The van der Waals surface area contributed by atoms with Crippen molar-refractivity contribution < 1.29 is 26.7 Å². The highest BCUT2D eigenvalue weighted by Gasteiger charge is 2.31. The number of H-pyrrole nitrogens is 1. The second kappa shape index (κ2) is 8.82. The molecule has 1 aliphatic rings. The van der Waals surface area contributed by atoms with E-state index in [9.17, 15) is 22.0 Å². The molecule has 3 heterocycles. The summed E-state index contributed by atoms with van der Waals surface area (Å²) in [5.41, 5.74) is 3.41. The van der Waals surface area contributed by atoms with E-state index >= 15 is 0 Å². The summed E-state index contributed by atoms with van der Waals surface area (Å²) < 4.78 is 68.5. The van der Waals surface area contributed by atoms with E-state index in [0.717, 1.165) is 11.6 Å². The van der Waals surface area contributed by atoms with E-state index in [1.165, 1.54) is 36.4 Å². The number of benzene rings is 2. The summed E-state index contributed by atoms with van der Waals surface area (Å²) in [6, 6.07) is 13.0. The van der Waals surface area contributed by atoms with Crippen molar-refractivity contribution in [3.05, 3.63) is 89.5 Å². The Bertz CT molecular complexity index is 1380. The molecule has 5 rings (SSSR count). The zero-order valence-electron chi connectivity index (χ0n) is 17.9. The molecule has 0 fully saturated rings. The van der Waals surface area contributed by atoms with Crippen LogP contribution in [0.3, 0.4) is 0 Å². The van der Waals surface area contributed by atoms with Gasteiger partial charge in [0.15, 0.2) is 11.6 Å². The van der Waals surface area contributed by atoms with E-state index in [2.05, 4.69) is 24.8 Å². The number of rotatable bonds is 5. The number of fused-ring (bicyclic) bond motifs is 1. The summed E-state index contributed by atoms with van der Waals surface area (Å²) in [4.78, 5) is 11.8. The number of hydrazone groups is 1. The molecule has 0 radical (unpaired) electrons. The number of halogens is 5. The van der Waals surface area contributed by atoms with Gasteiger partial charge in [0.2, 0.25) is 0 Å². The van der Waals surface area contributed by atoms with Crippen molar-refractivity contribution in [3.63, 3.8) is 0 Å². The maximum Gasteiger partial charge on any atom is 0.573 e. The summed E-state index contributed by atoms with van der Waals surface area (Å²) in [6.07, 6.45) is -1.56. The SMILES string of the molecule is Fc1cccc(-c2nc3c([nH]2)C=NN(Cc2ccc(-c4ccc(OC(F)(F)F)cc4)cn2)C3)c1F. The van der Waals surface area contributed by atoms with Crippen LogP contribution in [0.25, 0.3) is 22.5 Å². The van der Waals surface area contributed by atoms with Crippen molar-refractivity contribution in [3.8, 4) is 28.3 Å². The van der Waals surface area contributed by atoms with Crippen molar-refractivity contribution in [2.75, 3.05) is 0 Å². The second-order valence-corrected chi connectivity index (χ2v) is 7.72. The Morgan fingerprint density at radius 3 is 2.46 bits per heavy atom. The van der Waals surface area contributed by atoms with Crippen molar-refractivity contribution in [2.24, 2.45) is 5.10 Å². The van der Waals surface area contributed by atoms with Gasteiger partial charge in [-0.3, -0.25) is 9.99 Å². The molecule has 35 heavy (non-hydrogen) atoms. The first-order chi connectivity index (χ1) is 16.7. The number of hydrogen-bond donors (Lipinski definition) is 1. The highest BCUT2D eigenvalue weighted by atomic mass is 19.4. The molecule has 0 saturated carbocycles. The monoisotopic (exact) mass is 485 g/mol. The highest BCUT2D eigenvalue weighted by molar-refractivity contribution is 5.80. The number of nitrogens with one attached hydrogen (secondary N) is 1. The van der Waals surface area contributed by atoms with Gasteiger partial charge in [-0.25, -0.2) is 13.8 Å². The molecule has 0 atom stereocenters. The van der Waals surface area contributed by atoms with E-state index in [1.54, 1.807) is 29.6 Å². The van der Waals surface area contributed by atoms with Crippen molar-refractivity contribution >= 4 is 6.21 Å². The molecule has 1 N–H and O–H groups in total. The second-order valence-electron chi connectivity index (χ2n) is 7.72. The smallest absolute Gasteiger partial charge is 0.406 e. The lowest BCUT2D eigenvalue weighted by Crippen LogP contribution is -2.22. The number of alkyl halides is 3. The largest absolute Gasteiger partial charge is 0.573 e. The Balaban J connectivity index is 1.25. The van der Waals surface area contributed by atoms with Crippen LogP contribution in [0.4, 0.5) is 22.0 Å². The number of pyridine rings is 1. The number of aromatic amines is 1. The fraction of sp³-hybridized carbons (Fsp3) is 0.125. The lowest BCUT2D eigenvalue weighted by Gasteiger charge is -2.20. The summed E-state index contributed by atoms with van der Waals surface area (Å²) >= 11 is 0. The number of imidazole rings is 1. The van der Waals surface area contributed by atoms with Gasteiger partial charge >= 0.3 is 6.36 Å². The van der Waals surface area contributed by atoms with Gasteiger partial charge in [0.05, 0.1) is 41.9 Å². The van der Waals surface area contributed by atoms with Gasteiger partial charge in [-0.2, -0.15) is 5.10 Å². The number of aromatic nitrogens is 3. The van der Waals surface area contributed by atoms with Crippen molar-refractivity contribution in [2.45, 2.75) is 19.5 Å². The fourth-order valence-corrected chi connectivity index (χ4v) is 3.64. The van der Waals surface area contributed by atoms with Crippen LogP contribution < -0.4 is 4.74 Å². The third kappa shape index (κ3) is 4.98. The summed E-state index contributed by atoms with van der Waals surface area (Å²) in [5.74, 6) is -2.00. The predicted molar refractivity (Wildman–Crippen MR) is 117 cm³/mol. The number of hydrogen-bond acceptors (Lipinski definition) is 5. The minimum absolute atomic E-state index is 0.0367. The van der Waals surface area contributed by atoms with Gasteiger partial charge in [0, 0.05) is 11.8 Å². The first-order valence-electron chi connectivity index (χ1n) is 10.4. The van der Waals surface area contributed by atoms with Crippen LogP contribution in [0.5, 0.6) is 5.75 Å². The molecule has 0 bridgehead atoms. The lowest BCUT2D eigenvalue weighted by atomic mass is 10.1. The maximum absolute atomic E-state index is 14.1. The van der Waals surface area contributed by atoms with Crippen LogP contribution in [-0.2, 0) is 13.1 Å². The molecule has 11 heteroatoms. The molecular formula is C24H16F5N5O. The minimum atomic E-state index is -4.74. The average Bonchev–Trinajstić information content (AvgIpc) is 3.24. The third-order valence-electron chi connectivity index (χ3n) is 5.29. The summed E-state index contributed by atoms with van der Waals surface area (Å²) in [5, 5.41) is 6.08. The molecule has 1 aliphatic heterocycles. The Morgan fingerprint density at radius 2 is 1.74 bits per heavy atom. The normalized spacial score (nSPS) is 13.1. The van der Waals surface area contributed by atoms with Crippen LogP contribution in [0.1, 0.15) is 17.1 Å². The van der Waals surface area contributed by atoms with Gasteiger partial charge in [-0.05, 0) is 35.9 Å². The topological polar surface area (TPSA) is 66.4 Å². The van der Waals surface area contributed by atoms with E-state index in [1.807, 2.05) is 0 Å². The third-order valence-corrected chi connectivity index (χ3v) is 5.29. The summed E-state index contributed by atoms with van der Waals surface area (Å²) in [6.45, 7) is 0.703. The van der Waals surface area contributed by atoms with Crippen molar-refractivity contribution in [1.82, 2.24) is 20.0 Å². The molecule has 0 unspecified atom stereocenters. The van der Waals surface area contributed by atoms with Crippen LogP contribution in [0.15, 0.2) is 65.9 Å². The Morgan fingerprint density at radius 1 is 0.971 bits per heavy atom. The fourth-order valence-electron chi connectivity index (χ4n) is 3.64. The van der Waals surface area contributed by atoms with Crippen LogP contribution in [0, 0.1) is 11.6 Å². The first kappa shape index (κ1) is 22.5. The van der Waals surface area contributed by atoms with E-state index < -0.39 is 18.0 Å². The van der Waals surface area contributed by atoms with E-state index in [0.29, 0.717) is 35.7 Å². The molecule has 2 aromatic carbocycles. The molecule has 4 aromatic rings. The Kier molecular flexibility index (Phi) is 5.67. The van der Waals surface area contributed by atoms with Crippen LogP contribution >= 0.6 is 0 Å². The van der Waals surface area contributed by atoms with Gasteiger partial charge in [0.1, 0.15) is 11.6 Å². The van der Waals surface area contributed by atoms with Gasteiger partial charge in [-0.1, -0.05) is 24.3 Å². The molecule has 0 aliphatic carbocycles. The average molecular weight is 485 g/mol. The van der Waals surface area contributed by atoms with Crippen LogP contribution in [-0.4, -0.2) is 32.5 Å². The Labute approximate surface area is 195 Å². The molecule has 0 saturated heterocycles. The van der Waals surface area contributed by atoms with E-state index in [4.69, 9.17) is 0 Å². The molecule has 6 nitrogen and oxygen atoms in total. The number of nitrogens with zero attached hydrogens (tertiary/aromatic N) is 4. The standard InChI is InChI=1S/C24H16F5N5O/c25-19-3-1-2-18(22(19)26)23-32-20-11-31-34(13-21(20)33-23)12-16-7-4-15(10-30-16)14-5-8-17(9-6-14)35-24(27,28)29/h1-11H,12-13H2,(H,32,33). The van der Waals surface area contributed by atoms with Crippen molar-refractivity contribution in [1.29, 1.82) is 0 Å². The molecule has 0 amide bonds. The molecule has 178 valence electrons. The van der Waals surface area contributed by atoms with Gasteiger partial charge in [0.25, 0.3) is 0 Å². The molecule has 0 spiro atoms. The maximum atomic E-state index is 14.1. The highest BCUT2D eigenvalue weighted by Crippen LogP contribution is 2.27. The molecule has 2 aromatic heterocycles. The van der Waals surface area contributed by atoms with E-state index in [-0.39, 0.29) is 17.1 Å². The Hall–Kier alpha value is -4.28. The first-order valence-corrected chi connectivity index (χ1v) is 10.4. The zero-order chi connectivity index (χ0) is 24.6. The van der Waals surface area contributed by atoms with Crippen LogP contribution in [0.2, 0.25) is 0 Å². The quantitative estimate of drug-likeness (QED) is 0.370.